The topological polar surface area (TPSA) is 64.8 Å². The van der Waals surface area contributed by atoms with Crippen molar-refractivity contribution in [3.05, 3.63) is 21.9 Å². The standard InChI is InChI=1S/C15H22N2O3S/c1-19-9-4-7-17(8-10-20-2)15(18)13-11-14(21-12-13)5-3-6-16/h11-12H,4,6-10,16H2,1-2H3. The van der Waals surface area contributed by atoms with Crippen LogP contribution in [0.2, 0.25) is 0 Å². The predicted molar refractivity (Wildman–Crippen MR) is 84.5 cm³/mol. The predicted octanol–water partition coefficient (Wildman–Crippen LogP) is 1.18. The molecule has 0 saturated heterocycles. The quantitative estimate of drug-likeness (QED) is 0.578. The van der Waals surface area contributed by atoms with Gasteiger partial charge in [0.2, 0.25) is 0 Å². The van der Waals surface area contributed by atoms with Gasteiger partial charge in [-0.05, 0) is 12.5 Å². The molecule has 0 radical (unpaired) electrons. The van der Waals surface area contributed by atoms with Crippen molar-refractivity contribution in [2.75, 3.05) is 47.1 Å². The second-order valence-corrected chi connectivity index (χ2v) is 5.25. The lowest BCUT2D eigenvalue weighted by Crippen LogP contribution is -2.35. The largest absolute Gasteiger partial charge is 0.385 e. The molecule has 116 valence electrons. The van der Waals surface area contributed by atoms with Gasteiger partial charge in [-0.25, -0.2) is 0 Å². The summed E-state index contributed by atoms with van der Waals surface area (Å²) >= 11 is 1.45. The molecular weight excluding hydrogens is 288 g/mol. The van der Waals surface area contributed by atoms with Crippen LogP contribution in [0.4, 0.5) is 0 Å². The molecular formula is C15H22N2O3S. The Morgan fingerprint density at radius 3 is 2.76 bits per heavy atom. The number of hydrogen-bond donors (Lipinski definition) is 1. The SMILES string of the molecule is COCCCN(CCOC)C(=O)c1csc(C#CCN)c1. The van der Waals surface area contributed by atoms with E-state index in [1.165, 1.54) is 11.3 Å². The molecule has 0 aromatic carbocycles. The van der Waals surface area contributed by atoms with Gasteiger partial charge in [-0.2, -0.15) is 0 Å². The molecule has 0 fully saturated rings. The fourth-order valence-electron chi connectivity index (χ4n) is 1.75. The van der Waals surface area contributed by atoms with Crippen LogP contribution in [0, 0.1) is 11.8 Å². The van der Waals surface area contributed by atoms with Gasteiger partial charge in [0.15, 0.2) is 0 Å². The first-order chi connectivity index (χ1) is 10.2. The zero-order valence-corrected chi connectivity index (χ0v) is 13.4. The molecule has 0 unspecified atom stereocenters. The van der Waals surface area contributed by atoms with Crippen LogP contribution in [0.3, 0.4) is 0 Å². The van der Waals surface area contributed by atoms with Crippen molar-refractivity contribution in [3.63, 3.8) is 0 Å². The molecule has 0 spiro atoms. The van der Waals surface area contributed by atoms with Gasteiger partial charge in [0.25, 0.3) is 5.91 Å². The summed E-state index contributed by atoms with van der Waals surface area (Å²) in [5.41, 5.74) is 6.01. The van der Waals surface area contributed by atoms with Crippen LogP contribution in [0.15, 0.2) is 11.4 Å². The molecule has 0 aliphatic rings. The van der Waals surface area contributed by atoms with E-state index >= 15 is 0 Å². The van der Waals surface area contributed by atoms with Gasteiger partial charge in [0.05, 0.1) is 23.6 Å². The maximum Gasteiger partial charge on any atom is 0.254 e. The summed E-state index contributed by atoms with van der Waals surface area (Å²) < 4.78 is 10.1. The lowest BCUT2D eigenvalue weighted by atomic mass is 10.2. The average Bonchev–Trinajstić information content (AvgIpc) is 2.97. The van der Waals surface area contributed by atoms with Gasteiger partial charge >= 0.3 is 0 Å². The van der Waals surface area contributed by atoms with Crippen molar-refractivity contribution in [2.24, 2.45) is 5.73 Å². The van der Waals surface area contributed by atoms with E-state index in [9.17, 15) is 4.79 Å². The first kappa shape index (κ1) is 17.7. The monoisotopic (exact) mass is 310 g/mol. The Bertz CT molecular complexity index is 491. The summed E-state index contributed by atoms with van der Waals surface area (Å²) in [5, 5.41) is 1.83. The maximum absolute atomic E-state index is 12.5. The molecule has 1 aromatic rings. The third kappa shape index (κ3) is 6.27. The van der Waals surface area contributed by atoms with Crippen LogP contribution in [0.1, 0.15) is 21.7 Å². The minimum absolute atomic E-state index is 0.000187. The molecule has 5 nitrogen and oxygen atoms in total. The first-order valence-electron chi connectivity index (χ1n) is 6.77. The van der Waals surface area contributed by atoms with E-state index in [1.54, 1.807) is 19.1 Å². The van der Waals surface area contributed by atoms with Crippen molar-refractivity contribution in [1.29, 1.82) is 0 Å². The van der Waals surface area contributed by atoms with Gasteiger partial charge in [-0.3, -0.25) is 4.79 Å². The summed E-state index contributed by atoms with van der Waals surface area (Å²) in [6.07, 6.45) is 0.802. The van der Waals surface area contributed by atoms with Gasteiger partial charge < -0.3 is 20.1 Å². The number of hydrogen-bond acceptors (Lipinski definition) is 5. The highest BCUT2D eigenvalue weighted by Gasteiger charge is 2.16. The van der Waals surface area contributed by atoms with E-state index in [2.05, 4.69) is 11.8 Å². The zero-order valence-electron chi connectivity index (χ0n) is 12.6. The molecule has 1 heterocycles. The van der Waals surface area contributed by atoms with E-state index in [1.807, 2.05) is 11.4 Å². The minimum atomic E-state index is 0.000187. The third-order valence-electron chi connectivity index (χ3n) is 2.79. The number of thiophene rings is 1. The average molecular weight is 310 g/mol. The Morgan fingerprint density at radius 1 is 1.33 bits per heavy atom. The van der Waals surface area contributed by atoms with E-state index in [0.29, 0.717) is 38.4 Å². The highest BCUT2D eigenvalue weighted by atomic mass is 32.1. The molecule has 0 bridgehead atoms. The molecule has 2 N–H and O–H groups in total. The van der Waals surface area contributed by atoms with Gasteiger partial charge in [-0.15, -0.1) is 11.3 Å². The Morgan fingerprint density at radius 2 is 2.10 bits per heavy atom. The number of carbonyl (C=O) groups is 1. The summed E-state index contributed by atoms with van der Waals surface area (Å²) in [5.74, 6) is 5.73. The number of carbonyl (C=O) groups excluding carboxylic acids is 1. The number of nitrogens with zero attached hydrogens (tertiary/aromatic N) is 1. The van der Waals surface area contributed by atoms with Crippen LogP contribution < -0.4 is 5.73 Å². The molecule has 0 aliphatic heterocycles. The summed E-state index contributed by atoms with van der Waals surface area (Å²) in [6, 6.07) is 1.81. The number of nitrogens with two attached hydrogens (primary N) is 1. The van der Waals surface area contributed by atoms with Crippen molar-refractivity contribution in [3.8, 4) is 11.8 Å². The van der Waals surface area contributed by atoms with E-state index < -0.39 is 0 Å². The normalized spacial score (nSPS) is 10.0. The van der Waals surface area contributed by atoms with Crippen LogP contribution in [0.5, 0.6) is 0 Å². The first-order valence-corrected chi connectivity index (χ1v) is 7.65. The second kappa shape index (κ2) is 10.4. The summed E-state index contributed by atoms with van der Waals surface area (Å²) in [4.78, 5) is 15.1. The Kier molecular flexibility index (Phi) is 8.71. The van der Waals surface area contributed by atoms with E-state index in [0.717, 1.165) is 11.3 Å². The smallest absolute Gasteiger partial charge is 0.254 e. The van der Waals surface area contributed by atoms with E-state index in [-0.39, 0.29) is 5.91 Å². The lowest BCUT2D eigenvalue weighted by Gasteiger charge is -2.21. The number of ether oxygens (including phenoxy) is 2. The highest BCUT2D eigenvalue weighted by Crippen LogP contribution is 2.15. The van der Waals surface area contributed by atoms with E-state index in [4.69, 9.17) is 15.2 Å². The van der Waals surface area contributed by atoms with Crippen LogP contribution in [-0.2, 0) is 9.47 Å². The minimum Gasteiger partial charge on any atom is -0.385 e. The fourth-order valence-corrected chi connectivity index (χ4v) is 2.50. The lowest BCUT2D eigenvalue weighted by molar-refractivity contribution is 0.0674. The summed E-state index contributed by atoms with van der Waals surface area (Å²) in [7, 11) is 3.28. The van der Waals surface area contributed by atoms with Gasteiger partial charge in [0, 0.05) is 39.3 Å². The molecule has 1 rings (SSSR count). The Balaban J connectivity index is 2.70. The fraction of sp³-hybridized carbons (Fsp3) is 0.533. The zero-order chi connectivity index (χ0) is 15.5. The Hall–Kier alpha value is -1.39. The molecule has 6 heteroatoms. The number of methoxy groups -OCH3 is 2. The second-order valence-electron chi connectivity index (χ2n) is 4.34. The van der Waals surface area contributed by atoms with Crippen LogP contribution in [0.25, 0.3) is 0 Å². The molecule has 0 saturated carbocycles. The third-order valence-corrected chi connectivity index (χ3v) is 3.63. The molecule has 1 aromatic heterocycles. The van der Waals surface area contributed by atoms with Crippen LogP contribution >= 0.6 is 11.3 Å². The van der Waals surface area contributed by atoms with Gasteiger partial charge in [-0.1, -0.05) is 11.8 Å². The molecule has 1 amide bonds. The van der Waals surface area contributed by atoms with Crippen molar-refractivity contribution < 1.29 is 14.3 Å². The van der Waals surface area contributed by atoms with Crippen molar-refractivity contribution >= 4 is 17.2 Å². The molecule has 0 aliphatic carbocycles. The van der Waals surface area contributed by atoms with Crippen molar-refractivity contribution in [2.45, 2.75) is 6.42 Å². The van der Waals surface area contributed by atoms with Crippen molar-refractivity contribution in [1.82, 2.24) is 4.90 Å². The number of rotatable bonds is 8. The molecule has 21 heavy (non-hydrogen) atoms. The van der Waals surface area contributed by atoms with Gasteiger partial charge in [0.1, 0.15) is 0 Å². The Labute approximate surface area is 130 Å². The summed E-state index contributed by atoms with van der Waals surface area (Å²) in [6.45, 7) is 2.68. The maximum atomic E-state index is 12.5. The highest BCUT2D eigenvalue weighted by molar-refractivity contribution is 7.10. The number of amides is 1. The molecule has 0 atom stereocenters. The van der Waals surface area contributed by atoms with Crippen LogP contribution in [-0.4, -0.2) is 57.9 Å².